The molecule has 0 radical (unpaired) electrons. The van der Waals surface area contributed by atoms with Crippen molar-refractivity contribution < 1.29 is 27.9 Å². The predicted molar refractivity (Wildman–Crippen MR) is 68.0 cm³/mol. The van der Waals surface area contributed by atoms with Crippen LogP contribution in [0.25, 0.3) is 10.9 Å². The van der Waals surface area contributed by atoms with Crippen LogP contribution in [-0.2, 0) is 11.2 Å². The Morgan fingerprint density at radius 2 is 2.00 bits per heavy atom. The number of alkyl halides is 3. The summed E-state index contributed by atoms with van der Waals surface area (Å²) in [4.78, 5) is 24.5. The lowest BCUT2D eigenvalue weighted by Crippen LogP contribution is -2.37. The van der Waals surface area contributed by atoms with Crippen molar-refractivity contribution >= 4 is 22.8 Å². The summed E-state index contributed by atoms with van der Waals surface area (Å²) in [7, 11) is 0. The zero-order valence-corrected chi connectivity index (χ0v) is 10.6. The Morgan fingerprint density at radius 1 is 1.29 bits per heavy atom. The molecule has 1 heterocycles. The molecule has 0 saturated carbocycles. The number of nitrogens with one attached hydrogen (secondary N) is 2. The van der Waals surface area contributed by atoms with Crippen molar-refractivity contribution in [3.8, 4) is 0 Å². The van der Waals surface area contributed by atoms with Crippen LogP contribution in [0.5, 0.6) is 0 Å². The highest BCUT2D eigenvalue weighted by atomic mass is 19.4. The molecule has 0 aliphatic carbocycles. The van der Waals surface area contributed by atoms with Crippen LogP contribution in [0.4, 0.5) is 13.2 Å². The van der Waals surface area contributed by atoms with E-state index in [2.05, 4.69) is 4.98 Å². The van der Waals surface area contributed by atoms with Gasteiger partial charge in [0.25, 0.3) is 0 Å². The van der Waals surface area contributed by atoms with Crippen molar-refractivity contribution in [3.05, 3.63) is 35.5 Å². The molecule has 2 rings (SSSR count). The molecule has 1 amide bonds. The Kier molecular flexibility index (Phi) is 3.88. The van der Waals surface area contributed by atoms with Gasteiger partial charge in [0.15, 0.2) is 0 Å². The molecule has 0 saturated heterocycles. The number of aromatic carboxylic acids is 1. The zero-order valence-electron chi connectivity index (χ0n) is 10.6. The summed E-state index contributed by atoms with van der Waals surface area (Å²) < 4.78 is 36.1. The number of hydrogen-bond acceptors (Lipinski definition) is 2. The van der Waals surface area contributed by atoms with Gasteiger partial charge >= 0.3 is 18.1 Å². The molecule has 0 aliphatic rings. The normalized spacial score (nSPS) is 11.6. The zero-order chi connectivity index (χ0) is 15.6. The Bertz CT molecular complexity index is 692. The highest BCUT2D eigenvalue weighted by Gasteiger charge is 2.38. The van der Waals surface area contributed by atoms with Crippen LogP contribution in [0.2, 0.25) is 0 Å². The number of amides is 1. The van der Waals surface area contributed by atoms with Crippen molar-refractivity contribution in [3.63, 3.8) is 0 Å². The molecule has 112 valence electrons. The highest BCUT2D eigenvalue weighted by molar-refractivity contribution is 5.94. The molecular weight excluding hydrogens is 289 g/mol. The van der Waals surface area contributed by atoms with Crippen LogP contribution in [0.1, 0.15) is 15.9 Å². The summed E-state index contributed by atoms with van der Waals surface area (Å²) in [6, 6.07) is 4.45. The van der Waals surface area contributed by atoms with E-state index in [1.807, 2.05) is 0 Å². The molecule has 1 aromatic carbocycles. The van der Waals surface area contributed by atoms with Crippen LogP contribution in [-0.4, -0.2) is 34.7 Å². The van der Waals surface area contributed by atoms with Gasteiger partial charge in [-0.2, -0.15) is 13.2 Å². The number of H-pyrrole nitrogens is 1. The van der Waals surface area contributed by atoms with E-state index in [0.717, 1.165) is 0 Å². The van der Waals surface area contributed by atoms with Gasteiger partial charge in [-0.05, 0) is 30.2 Å². The molecule has 0 fully saturated rings. The predicted octanol–water partition coefficient (Wildman–Crippen LogP) is 2.09. The standard InChI is InChI=1S/C13H11F3N2O3/c14-13(15,16)12(21)17-4-3-8-6-18-10-2-1-7(11(19)20)5-9(8)10/h1-2,5-6,18H,3-4H2,(H,17,21)(H,19,20). The quantitative estimate of drug-likeness (QED) is 0.808. The van der Waals surface area contributed by atoms with E-state index in [-0.39, 0.29) is 18.5 Å². The van der Waals surface area contributed by atoms with Gasteiger partial charge in [0, 0.05) is 23.6 Å². The molecule has 8 heteroatoms. The van der Waals surface area contributed by atoms with Crippen molar-refractivity contribution in [2.24, 2.45) is 0 Å². The molecule has 21 heavy (non-hydrogen) atoms. The van der Waals surface area contributed by atoms with Gasteiger partial charge in [0.1, 0.15) is 0 Å². The average Bonchev–Trinajstić information content (AvgIpc) is 2.80. The second kappa shape index (κ2) is 5.47. The summed E-state index contributed by atoms with van der Waals surface area (Å²) in [5.74, 6) is -3.08. The number of carboxylic acids is 1. The number of halogens is 3. The Balaban J connectivity index is 2.10. The number of aromatic nitrogens is 1. The third-order valence-electron chi connectivity index (χ3n) is 2.95. The Labute approximate surface area is 116 Å². The third-order valence-corrected chi connectivity index (χ3v) is 2.95. The van der Waals surface area contributed by atoms with E-state index in [4.69, 9.17) is 5.11 Å². The van der Waals surface area contributed by atoms with E-state index in [1.165, 1.54) is 12.1 Å². The number of carboxylic acid groups (broad SMARTS) is 1. The second-order valence-corrected chi connectivity index (χ2v) is 4.38. The minimum atomic E-state index is -4.91. The van der Waals surface area contributed by atoms with E-state index < -0.39 is 18.1 Å². The van der Waals surface area contributed by atoms with Crippen molar-refractivity contribution in [1.82, 2.24) is 10.3 Å². The molecule has 0 spiro atoms. The number of fused-ring (bicyclic) bond motifs is 1. The third kappa shape index (κ3) is 3.33. The number of hydrogen-bond donors (Lipinski definition) is 3. The fraction of sp³-hybridized carbons (Fsp3) is 0.231. The van der Waals surface area contributed by atoms with Gasteiger partial charge in [0.05, 0.1) is 5.56 Å². The lowest BCUT2D eigenvalue weighted by atomic mass is 10.1. The Hall–Kier alpha value is -2.51. The molecule has 5 nitrogen and oxygen atoms in total. The Morgan fingerprint density at radius 3 is 2.62 bits per heavy atom. The highest BCUT2D eigenvalue weighted by Crippen LogP contribution is 2.20. The van der Waals surface area contributed by atoms with Gasteiger partial charge in [0.2, 0.25) is 0 Å². The number of carbonyl (C=O) groups excluding carboxylic acids is 1. The van der Waals surface area contributed by atoms with Crippen molar-refractivity contribution in [2.45, 2.75) is 12.6 Å². The average molecular weight is 300 g/mol. The number of benzene rings is 1. The van der Waals surface area contributed by atoms with Gasteiger partial charge in [-0.3, -0.25) is 4.79 Å². The van der Waals surface area contributed by atoms with Crippen LogP contribution < -0.4 is 5.32 Å². The molecular formula is C13H11F3N2O3. The fourth-order valence-electron chi connectivity index (χ4n) is 1.93. The van der Waals surface area contributed by atoms with Gasteiger partial charge in [-0.15, -0.1) is 0 Å². The molecule has 0 unspecified atom stereocenters. The van der Waals surface area contributed by atoms with Crippen molar-refractivity contribution in [2.75, 3.05) is 6.54 Å². The summed E-state index contributed by atoms with van der Waals surface area (Å²) >= 11 is 0. The SMILES string of the molecule is O=C(O)c1ccc2[nH]cc(CCNC(=O)C(F)(F)F)c2c1. The maximum absolute atomic E-state index is 12.0. The molecule has 0 bridgehead atoms. The monoisotopic (exact) mass is 300 g/mol. The fourth-order valence-corrected chi connectivity index (χ4v) is 1.93. The summed E-state index contributed by atoms with van der Waals surface area (Å²) in [6.45, 7) is -0.192. The van der Waals surface area contributed by atoms with Gasteiger partial charge in [-0.1, -0.05) is 0 Å². The van der Waals surface area contributed by atoms with E-state index in [0.29, 0.717) is 16.5 Å². The maximum atomic E-state index is 12.0. The summed E-state index contributed by atoms with van der Waals surface area (Å²) in [5.41, 5.74) is 1.40. The molecule has 2 aromatic rings. The number of rotatable bonds is 4. The second-order valence-electron chi connectivity index (χ2n) is 4.38. The first-order chi connectivity index (χ1) is 9.79. The molecule has 3 N–H and O–H groups in total. The van der Waals surface area contributed by atoms with Crippen LogP contribution in [0, 0.1) is 0 Å². The van der Waals surface area contributed by atoms with E-state index in [1.54, 1.807) is 17.6 Å². The van der Waals surface area contributed by atoms with E-state index >= 15 is 0 Å². The topological polar surface area (TPSA) is 82.2 Å². The van der Waals surface area contributed by atoms with Crippen molar-refractivity contribution in [1.29, 1.82) is 0 Å². The van der Waals surface area contributed by atoms with E-state index in [9.17, 15) is 22.8 Å². The summed E-state index contributed by atoms with van der Waals surface area (Å²) in [6.07, 6.45) is -3.17. The van der Waals surface area contributed by atoms with Crippen LogP contribution >= 0.6 is 0 Å². The largest absolute Gasteiger partial charge is 0.478 e. The minimum Gasteiger partial charge on any atom is -0.478 e. The minimum absolute atomic E-state index is 0.0858. The van der Waals surface area contributed by atoms with Gasteiger partial charge in [-0.25, -0.2) is 4.79 Å². The first kappa shape index (κ1) is 14.9. The molecule has 0 atom stereocenters. The van der Waals surface area contributed by atoms with Crippen LogP contribution in [0.15, 0.2) is 24.4 Å². The lowest BCUT2D eigenvalue weighted by Gasteiger charge is -2.07. The molecule has 1 aromatic heterocycles. The number of carbonyl (C=O) groups is 2. The van der Waals surface area contributed by atoms with Crippen LogP contribution in [0.3, 0.4) is 0 Å². The first-order valence-electron chi connectivity index (χ1n) is 5.97. The van der Waals surface area contributed by atoms with Gasteiger partial charge < -0.3 is 15.4 Å². The maximum Gasteiger partial charge on any atom is 0.471 e. The lowest BCUT2D eigenvalue weighted by molar-refractivity contribution is -0.173. The summed E-state index contributed by atoms with van der Waals surface area (Å²) in [5, 5.41) is 11.3. The smallest absolute Gasteiger partial charge is 0.471 e. The molecule has 0 aliphatic heterocycles. The first-order valence-corrected chi connectivity index (χ1v) is 5.97. The number of aromatic amines is 1.